The van der Waals surface area contributed by atoms with E-state index in [0.717, 1.165) is 5.56 Å². The van der Waals surface area contributed by atoms with E-state index >= 15 is 0 Å². The summed E-state index contributed by atoms with van der Waals surface area (Å²) in [6.45, 7) is 3.17. The molecule has 0 saturated heterocycles. The van der Waals surface area contributed by atoms with Gasteiger partial charge in [-0.25, -0.2) is 13.1 Å². The largest absolute Gasteiger partial charge is 2.00 e. The fraction of sp³-hybridized carbons (Fsp3) is 0.179. The van der Waals surface area contributed by atoms with Gasteiger partial charge in [0.2, 0.25) is 10.0 Å². The van der Waals surface area contributed by atoms with Gasteiger partial charge in [-0.3, -0.25) is 4.79 Å². The molecule has 1 N–H and O–H groups in total. The number of ether oxygens (including phenoxy) is 2. The molecule has 2 saturated carbocycles. The third-order valence-corrected chi connectivity index (χ3v) is 6.71. The number of para-hydroxylation sites is 1. The zero-order chi connectivity index (χ0) is 25.3. The van der Waals surface area contributed by atoms with Crippen molar-refractivity contribution in [1.29, 1.82) is 0 Å². The summed E-state index contributed by atoms with van der Waals surface area (Å²) >= 11 is 0. The van der Waals surface area contributed by atoms with E-state index in [9.17, 15) is 13.2 Å². The molecule has 188 valence electrons. The molecule has 2 aromatic rings. The maximum absolute atomic E-state index is 13.1. The van der Waals surface area contributed by atoms with Crippen molar-refractivity contribution in [3.63, 3.8) is 0 Å². The molecule has 2 aromatic carbocycles. The first kappa shape index (κ1) is 30.4. The van der Waals surface area contributed by atoms with Crippen LogP contribution in [-0.4, -0.2) is 27.5 Å². The molecule has 6 nitrogen and oxygen atoms in total. The number of sulfonamides is 1. The standard InChI is InChI=1S/C23H24NO5S.C5H5.Fe/c1-16-12-14-19(15-13-16)30(26,27)24-22(18-8-4-5-9-18)23(29-17(2)25)20-10-6-7-11-21(20)28-3;1-2-4-5-3-1;/h4-15,22-24H,1-3H3;1-5H;/q;;+2/t22-,23+;;/m1../s1. The van der Waals surface area contributed by atoms with Gasteiger partial charge in [0.1, 0.15) is 11.9 Å². The quantitative estimate of drug-likeness (QED) is 0.392. The second-order valence-corrected chi connectivity index (χ2v) is 9.58. The van der Waals surface area contributed by atoms with Gasteiger partial charge in [-0.1, -0.05) is 35.9 Å². The third kappa shape index (κ3) is 8.62. The van der Waals surface area contributed by atoms with Crippen molar-refractivity contribution in [3.8, 4) is 5.75 Å². The van der Waals surface area contributed by atoms with Crippen LogP contribution < -0.4 is 9.46 Å². The molecule has 0 aromatic heterocycles. The molecule has 36 heavy (non-hydrogen) atoms. The molecule has 0 unspecified atom stereocenters. The van der Waals surface area contributed by atoms with E-state index in [4.69, 9.17) is 9.47 Å². The van der Waals surface area contributed by atoms with Gasteiger partial charge < -0.3 is 9.47 Å². The zero-order valence-electron chi connectivity index (χ0n) is 20.3. The predicted molar refractivity (Wildman–Crippen MR) is 135 cm³/mol. The first-order valence-electron chi connectivity index (χ1n) is 11.1. The first-order chi connectivity index (χ1) is 16.8. The summed E-state index contributed by atoms with van der Waals surface area (Å²) in [6, 6.07) is 12.8. The number of rotatable bonds is 8. The molecule has 2 aliphatic rings. The van der Waals surface area contributed by atoms with Crippen LogP contribution in [0.15, 0.2) is 53.4 Å². The number of hydrogen-bond donors (Lipinski definition) is 1. The summed E-state index contributed by atoms with van der Waals surface area (Å²) in [6.07, 6.45) is 16.2. The maximum atomic E-state index is 13.1. The number of hydrogen-bond acceptors (Lipinski definition) is 5. The number of carbonyl (C=O) groups is 1. The summed E-state index contributed by atoms with van der Waals surface area (Å²) in [5, 5.41) is 0. The SMILES string of the molecule is COc1ccccc1[C@H](OC(C)=O)[C@H](NS(=O)(=O)c1ccc(C)cc1)[C]1[CH][CH][CH][CH]1.[CH]1[CH][CH][CH][CH]1.[Fe+2]. The Kier molecular flexibility index (Phi) is 12.5. The minimum Gasteiger partial charge on any atom is -0.496 e. The molecule has 2 aliphatic carbocycles. The van der Waals surface area contributed by atoms with Gasteiger partial charge in [0.15, 0.2) is 0 Å². The summed E-state index contributed by atoms with van der Waals surface area (Å²) in [4.78, 5) is 12.1. The number of esters is 1. The fourth-order valence-corrected chi connectivity index (χ4v) is 4.79. The smallest absolute Gasteiger partial charge is 0.496 e. The number of carbonyl (C=O) groups excluding carboxylic acids is 1. The van der Waals surface area contributed by atoms with E-state index < -0.39 is 28.1 Å². The van der Waals surface area contributed by atoms with Gasteiger partial charge in [0.05, 0.1) is 18.0 Å². The molecule has 0 aliphatic heterocycles. The summed E-state index contributed by atoms with van der Waals surface area (Å²) in [5.41, 5.74) is 1.52. The van der Waals surface area contributed by atoms with Crippen molar-refractivity contribution in [1.82, 2.24) is 4.72 Å². The van der Waals surface area contributed by atoms with Crippen LogP contribution in [0.4, 0.5) is 0 Å². The second kappa shape index (κ2) is 14.8. The maximum Gasteiger partial charge on any atom is 2.00 e. The number of benzene rings is 2. The van der Waals surface area contributed by atoms with E-state index in [1.54, 1.807) is 74.2 Å². The Morgan fingerprint density at radius 3 is 1.94 bits per heavy atom. The van der Waals surface area contributed by atoms with Crippen LogP contribution >= 0.6 is 0 Å². The Labute approximate surface area is 227 Å². The summed E-state index contributed by atoms with van der Waals surface area (Å²) in [5.74, 6) is 0.634. The molecular weight excluding hydrogens is 518 g/mol. The Balaban J connectivity index is 0.000000678. The molecule has 0 spiro atoms. The van der Waals surface area contributed by atoms with Gasteiger partial charge >= 0.3 is 23.0 Å². The van der Waals surface area contributed by atoms with Crippen LogP contribution in [0.1, 0.15) is 24.2 Å². The normalized spacial score (nSPS) is 17.3. The van der Waals surface area contributed by atoms with Crippen molar-refractivity contribution in [2.75, 3.05) is 7.11 Å². The van der Waals surface area contributed by atoms with Gasteiger partial charge in [-0.15, -0.1) is 0 Å². The molecule has 8 heteroatoms. The Morgan fingerprint density at radius 1 is 0.861 bits per heavy atom. The minimum absolute atomic E-state index is 0. The minimum atomic E-state index is -3.89. The second-order valence-electron chi connectivity index (χ2n) is 7.86. The van der Waals surface area contributed by atoms with Crippen molar-refractivity contribution in [2.45, 2.75) is 30.9 Å². The molecule has 2 atom stereocenters. The third-order valence-electron chi connectivity index (χ3n) is 5.26. The first-order valence-corrected chi connectivity index (χ1v) is 12.6. The van der Waals surface area contributed by atoms with E-state index in [1.165, 1.54) is 14.0 Å². The van der Waals surface area contributed by atoms with Crippen LogP contribution in [0, 0.1) is 70.6 Å². The monoisotopic (exact) mass is 547 g/mol. The zero-order valence-corrected chi connectivity index (χ0v) is 22.2. The van der Waals surface area contributed by atoms with Crippen LogP contribution in [0.2, 0.25) is 0 Å². The van der Waals surface area contributed by atoms with Gasteiger partial charge in [0.25, 0.3) is 0 Å². The summed E-state index contributed by atoms with van der Waals surface area (Å²) < 4.78 is 40.1. The Morgan fingerprint density at radius 2 is 1.42 bits per heavy atom. The molecule has 0 bridgehead atoms. The van der Waals surface area contributed by atoms with Crippen LogP contribution in [0.25, 0.3) is 0 Å². The van der Waals surface area contributed by atoms with Crippen molar-refractivity contribution in [3.05, 3.63) is 123 Å². The molecule has 4 rings (SSSR count). The van der Waals surface area contributed by atoms with E-state index in [1.807, 2.05) is 39.0 Å². The van der Waals surface area contributed by atoms with Gasteiger partial charge in [0, 0.05) is 18.4 Å². The molecule has 0 amide bonds. The van der Waals surface area contributed by atoms with Gasteiger partial charge in [-0.05, 0) is 82.9 Å². The number of methoxy groups -OCH3 is 1. The van der Waals surface area contributed by atoms with Crippen LogP contribution in [-0.2, 0) is 36.6 Å². The van der Waals surface area contributed by atoms with Crippen molar-refractivity contribution >= 4 is 16.0 Å². The van der Waals surface area contributed by atoms with Crippen LogP contribution in [0.3, 0.4) is 0 Å². The Bertz CT molecular complexity index is 1040. The summed E-state index contributed by atoms with van der Waals surface area (Å²) in [7, 11) is -2.38. The Hall–Kier alpha value is -1.86. The number of aryl methyl sites for hydroxylation is 1. The number of nitrogens with one attached hydrogen (secondary N) is 1. The predicted octanol–water partition coefficient (Wildman–Crippen LogP) is 4.38. The van der Waals surface area contributed by atoms with E-state index in [2.05, 4.69) is 4.72 Å². The van der Waals surface area contributed by atoms with Crippen molar-refractivity contribution in [2.24, 2.45) is 0 Å². The van der Waals surface area contributed by atoms with Crippen molar-refractivity contribution < 1.29 is 39.8 Å². The average molecular weight is 547 g/mol. The molecular formula is C28H29FeNO5S+2. The van der Waals surface area contributed by atoms with Gasteiger partial charge in [-0.2, -0.15) is 0 Å². The molecule has 0 heterocycles. The molecule has 2 fully saturated rings. The van der Waals surface area contributed by atoms with Crippen LogP contribution in [0.5, 0.6) is 5.75 Å². The average Bonchev–Trinajstić information content (AvgIpc) is 3.59. The van der Waals surface area contributed by atoms with E-state index in [0.29, 0.717) is 17.2 Å². The molecule has 10 radical (unpaired) electrons. The topological polar surface area (TPSA) is 81.7 Å². The fourth-order valence-electron chi connectivity index (χ4n) is 3.57. The van der Waals surface area contributed by atoms with E-state index in [-0.39, 0.29) is 22.0 Å².